The molecule has 184 valence electrons. The molecule has 2 aromatic carbocycles. The lowest BCUT2D eigenvalue weighted by atomic mass is 9.85. The summed E-state index contributed by atoms with van der Waals surface area (Å²) in [7, 11) is 1.54. The molecule has 2 aromatic rings. The third-order valence-electron chi connectivity index (χ3n) is 5.59. The van der Waals surface area contributed by atoms with Crippen molar-refractivity contribution in [2.75, 3.05) is 7.05 Å². The number of likely N-dealkylation sites (N-methyl/N-ethyl adjacent to an activating group) is 1. The van der Waals surface area contributed by atoms with Crippen molar-refractivity contribution < 1.29 is 19.2 Å². The second-order valence-electron chi connectivity index (χ2n) is 9.50. The van der Waals surface area contributed by atoms with Gasteiger partial charge in [0.05, 0.1) is 6.61 Å². The van der Waals surface area contributed by atoms with Gasteiger partial charge in [-0.2, -0.15) is 0 Å². The van der Waals surface area contributed by atoms with Crippen LogP contribution in [0.2, 0.25) is 0 Å². The van der Waals surface area contributed by atoms with E-state index in [1.54, 1.807) is 7.05 Å². The quantitative estimate of drug-likeness (QED) is 0.416. The number of hydroxylamine groups is 1. The van der Waals surface area contributed by atoms with Crippen LogP contribution in [0.3, 0.4) is 0 Å². The molecular weight excluding hydrogens is 430 g/mol. The SMILES string of the molecule is CNC(=O)[C@@H](NC(=O)[C@H](CCCc1ccccc1)CC(=O)NOCc1ccccc1)C(C)(C)C. The summed E-state index contributed by atoms with van der Waals surface area (Å²) in [5, 5.41) is 5.48. The Morgan fingerprint density at radius 2 is 1.47 bits per heavy atom. The lowest BCUT2D eigenvalue weighted by Gasteiger charge is -2.31. The zero-order valence-corrected chi connectivity index (χ0v) is 20.6. The van der Waals surface area contributed by atoms with E-state index in [0.717, 1.165) is 18.4 Å². The lowest BCUT2D eigenvalue weighted by molar-refractivity contribution is -0.140. The molecule has 0 aliphatic rings. The summed E-state index contributed by atoms with van der Waals surface area (Å²) in [5.41, 5.74) is 4.07. The van der Waals surface area contributed by atoms with Crippen molar-refractivity contribution in [3.05, 3.63) is 71.8 Å². The van der Waals surface area contributed by atoms with E-state index >= 15 is 0 Å². The van der Waals surface area contributed by atoms with Crippen LogP contribution in [0.4, 0.5) is 0 Å². The first-order valence-electron chi connectivity index (χ1n) is 11.7. The number of carbonyl (C=O) groups is 3. The Balaban J connectivity index is 2.00. The maximum Gasteiger partial charge on any atom is 0.244 e. The highest BCUT2D eigenvalue weighted by Crippen LogP contribution is 2.22. The van der Waals surface area contributed by atoms with Gasteiger partial charge in [-0.15, -0.1) is 0 Å². The van der Waals surface area contributed by atoms with E-state index in [0.29, 0.717) is 6.42 Å². The molecule has 0 aliphatic carbocycles. The first kappa shape index (κ1) is 27.1. The Morgan fingerprint density at radius 3 is 2.03 bits per heavy atom. The van der Waals surface area contributed by atoms with E-state index in [9.17, 15) is 14.4 Å². The number of amides is 3. The van der Waals surface area contributed by atoms with E-state index in [2.05, 4.69) is 16.1 Å². The second-order valence-corrected chi connectivity index (χ2v) is 9.50. The van der Waals surface area contributed by atoms with Gasteiger partial charge in [-0.1, -0.05) is 81.4 Å². The lowest BCUT2D eigenvalue weighted by Crippen LogP contribution is -2.54. The van der Waals surface area contributed by atoms with Crippen molar-refractivity contribution in [3.8, 4) is 0 Å². The third kappa shape index (κ3) is 9.35. The molecule has 0 aromatic heterocycles. The van der Waals surface area contributed by atoms with E-state index in [4.69, 9.17) is 4.84 Å². The molecule has 0 bridgehead atoms. The fraction of sp³-hybridized carbons (Fsp3) is 0.444. The monoisotopic (exact) mass is 467 g/mol. The molecule has 0 saturated heterocycles. The smallest absolute Gasteiger partial charge is 0.244 e. The van der Waals surface area contributed by atoms with Gasteiger partial charge in [-0.25, -0.2) is 5.48 Å². The highest BCUT2D eigenvalue weighted by Gasteiger charge is 2.34. The van der Waals surface area contributed by atoms with Gasteiger partial charge in [0.2, 0.25) is 17.7 Å². The number of hydrogen-bond donors (Lipinski definition) is 3. The molecule has 2 atom stereocenters. The van der Waals surface area contributed by atoms with Gasteiger partial charge in [0.25, 0.3) is 0 Å². The number of aryl methyl sites for hydroxylation is 1. The van der Waals surface area contributed by atoms with Gasteiger partial charge >= 0.3 is 0 Å². The fourth-order valence-corrected chi connectivity index (χ4v) is 3.64. The minimum absolute atomic E-state index is 0.0278. The topological polar surface area (TPSA) is 96.5 Å². The summed E-state index contributed by atoms with van der Waals surface area (Å²) < 4.78 is 0. The molecule has 0 saturated carbocycles. The Hall–Kier alpha value is -3.19. The first-order valence-corrected chi connectivity index (χ1v) is 11.7. The average Bonchev–Trinajstić information content (AvgIpc) is 2.82. The van der Waals surface area contributed by atoms with Gasteiger partial charge < -0.3 is 10.6 Å². The Bertz CT molecular complexity index is 910. The van der Waals surface area contributed by atoms with E-state index < -0.39 is 17.4 Å². The van der Waals surface area contributed by atoms with Gasteiger partial charge in [-0.3, -0.25) is 19.2 Å². The molecule has 0 aliphatic heterocycles. The van der Waals surface area contributed by atoms with Crippen LogP contribution in [0.1, 0.15) is 51.2 Å². The van der Waals surface area contributed by atoms with E-state index in [-0.39, 0.29) is 30.7 Å². The normalized spacial score (nSPS) is 12.9. The van der Waals surface area contributed by atoms with Crippen LogP contribution in [0, 0.1) is 11.3 Å². The van der Waals surface area contributed by atoms with Crippen molar-refractivity contribution in [3.63, 3.8) is 0 Å². The zero-order chi connectivity index (χ0) is 25.0. The number of hydrogen-bond acceptors (Lipinski definition) is 4. The minimum Gasteiger partial charge on any atom is -0.357 e. The molecule has 2 rings (SSSR count). The summed E-state index contributed by atoms with van der Waals surface area (Å²) >= 11 is 0. The van der Waals surface area contributed by atoms with Crippen LogP contribution < -0.4 is 16.1 Å². The van der Waals surface area contributed by atoms with Crippen LogP contribution in [0.25, 0.3) is 0 Å². The maximum atomic E-state index is 13.2. The Morgan fingerprint density at radius 1 is 0.882 bits per heavy atom. The Labute approximate surface area is 202 Å². The van der Waals surface area contributed by atoms with Gasteiger partial charge in [0, 0.05) is 19.4 Å². The molecular formula is C27H37N3O4. The average molecular weight is 468 g/mol. The predicted molar refractivity (Wildman–Crippen MR) is 132 cm³/mol. The van der Waals surface area contributed by atoms with E-state index in [1.807, 2.05) is 81.4 Å². The fourth-order valence-electron chi connectivity index (χ4n) is 3.64. The number of nitrogens with one attached hydrogen (secondary N) is 3. The van der Waals surface area contributed by atoms with Crippen molar-refractivity contribution in [2.24, 2.45) is 11.3 Å². The summed E-state index contributed by atoms with van der Waals surface area (Å²) in [6.07, 6.45) is 2.02. The number of carbonyl (C=O) groups excluding carboxylic acids is 3. The summed E-state index contributed by atoms with van der Waals surface area (Å²) in [6, 6.07) is 18.8. The minimum atomic E-state index is -0.709. The summed E-state index contributed by atoms with van der Waals surface area (Å²) in [4.78, 5) is 43.5. The highest BCUT2D eigenvalue weighted by atomic mass is 16.6. The molecule has 7 nitrogen and oxygen atoms in total. The van der Waals surface area contributed by atoms with E-state index in [1.165, 1.54) is 5.56 Å². The maximum absolute atomic E-state index is 13.2. The molecule has 0 heterocycles. The van der Waals surface area contributed by atoms with Crippen LogP contribution in [0.5, 0.6) is 0 Å². The Kier molecular flexibility index (Phi) is 10.7. The van der Waals surface area contributed by atoms with Crippen LogP contribution in [0.15, 0.2) is 60.7 Å². The van der Waals surface area contributed by atoms with Crippen molar-refractivity contribution in [1.29, 1.82) is 0 Å². The van der Waals surface area contributed by atoms with Crippen molar-refractivity contribution in [2.45, 2.75) is 59.1 Å². The molecule has 0 spiro atoms. The number of benzene rings is 2. The molecule has 0 radical (unpaired) electrons. The molecule has 0 fully saturated rings. The van der Waals surface area contributed by atoms with Gasteiger partial charge in [0.1, 0.15) is 6.04 Å². The molecule has 0 unspecified atom stereocenters. The second kappa shape index (κ2) is 13.5. The van der Waals surface area contributed by atoms with Gasteiger partial charge in [0.15, 0.2) is 0 Å². The predicted octanol–water partition coefficient (Wildman–Crippen LogP) is 3.54. The van der Waals surface area contributed by atoms with Gasteiger partial charge in [-0.05, 0) is 35.8 Å². The van der Waals surface area contributed by atoms with Crippen molar-refractivity contribution >= 4 is 17.7 Å². The molecule has 3 N–H and O–H groups in total. The molecule has 34 heavy (non-hydrogen) atoms. The summed E-state index contributed by atoms with van der Waals surface area (Å²) in [6.45, 7) is 5.91. The largest absolute Gasteiger partial charge is 0.357 e. The zero-order valence-electron chi connectivity index (χ0n) is 20.6. The molecule has 3 amide bonds. The van der Waals surface area contributed by atoms with Crippen molar-refractivity contribution in [1.82, 2.24) is 16.1 Å². The highest BCUT2D eigenvalue weighted by molar-refractivity contribution is 5.90. The standard InChI is InChI=1S/C27H37N3O4/c1-27(2,3)24(26(33)28-4)29-25(32)22(17-11-16-20-12-7-5-8-13-20)18-23(31)30-34-19-21-14-9-6-10-15-21/h5-10,12-15,22,24H,11,16-19H2,1-4H3,(H,28,33)(H,29,32)(H,30,31)/t22-,24-/m1/s1. The molecule has 7 heteroatoms. The van der Waals surface area contributed by atoms with Crippen LogP contribution >= 0.6 is 0 Å². The van der Waals surface area contributed by atoms with Crippen LogP contribution in [-0.4, -0.2) is 30.8 Å². The van der Waals surface area contributed by atoms with Crippen LogP contribution in [-0.2, 0) is 32.2 Å². The first-order chi connectivity index (χ1) is 16.2. The summed E-state index contributed by atoms with van der Waals surface area (Å²) in [5.74, 6) is -1.53. The number of rotatable bonds is 12. The third-order valence-corrected chi connectivity index (χ3v) is 5.59.